The Labute approximate surface area is 147 Å². The molecule has 1 heterocycles. The maximum atomic E-state index is 12.9. The van der Waals surface area contributed by atoms with Gasteiger partial charge in [-0.3, -0.25) is 4.79 Å². The van der Waals surface area contributed by atoms with Crippen LogP contribution in [0.15, 0.2) is 59.7 Å². The van der Waals surface area contributed by atoms with Crippen LogP contribution in [0.25, 0.3) is 0 Å². The lowest BCUT2D eigenvalue weighted by molar-refractivity contribution is -0.926. The second kappa shape index (κ2) is 8.53. The summed E-state index contributed by atoms with van der Waals surface area (Å²) in [5.41, 5.74) is 4.40. The highest BCUT2D eigenvalue weighted by atomic mass is 19.1. The average molecular weight is 340 g/mol. The van der Waals surface area contributed by atoms with E-state index in [-0.39, 0.29) is 17.8 Å². The van der Waals surface area contributed by atoms with E-state index in [1.165, 1.54) is 29.7 Å². The van der Waals surface area contributed by atoms with Crippen molar-refractivity contribution in [1.29, 1.82) is 0 Å². The molecule has 1 aliphatic heterocycles. The number of piperidine rings is 1. The average Bonchev–Trinajstić information content (AvgIpc) is 2.65. The van der Waals surface area contributed by atoms with Crippen molar-refractivity contribution in [2.75, 3.05) is 13.1 Å². The predicted octanol–water partition coefficient (Wildman–Crippen LogP) is 2.09. The molecule has 5 heteroatoms. The van der Waals surface area contributed by atoms with Gasteiger partial charge in [0.1, 0.15) is 5.82 Å². The summed E-state index contributed by atoms with van der Waals surface area (Å²) in [6.07, 6.45) is 5.05. The van der Waals surface area contributed by atoms with Crippen molar-refractivity contribution < 1.29 is 14.1 Å². The van der Waals surface area contributed by atoms with Crippen LogP contribution >= 0.6 is 0 Å². The van der Waals surface area contributed by atoms with Crippen molar-refractivity contribution in [1.82, 2.24) is 5.43 Å². The molecule has 0 radical (unpaired) electrons. The lowest BCUT2D eigenvalue weighted by atomic mass is 10.0. The molecule has 2 aromatic rings. The molecule has 1 amide bonds. The van der Waals surface area contributed by atoms with Gasteiger partial charge in [0.15, 0.2) is 6.04 Å². The van der Waals surface area contributed by atoms with Gasteiger partial charge >= 0.3 is 5.91 Å². The molecule has 1 atom stereocenters. The van der Waals surface area contributed by atoms with Crippen LogP contribution in [-0.2, 0) is 4.79 Å². The number of benzene rings is 2. The highest BCUT2D eigenvalue weighted by Crippen LogP contribution is 2.11. The van der Waals surface area contributed by atoms with E-state index in [1.807, 2.05) is 30.3 Å². The van der Waals surface area contributed by atoms with Crippen LogP contribution in [0.2, 0.25) is 0 Å². The number of hydrogen-bond donors (Lipinski definition) is 2. The van der Waals surface area contributed by atoms with E-state index < -0.39 is 0 Å². The Kier molecular flexibility index (Phi) is 5.90. The summed E-state index contributed by atoms with van der Waals surface area (Å²) >= 11 is 0. The first-order chi connectivity index (χ1) is 12.2. The van der Waals surface area contributed by atoms with Gasteiger partial charge in [-0.05, 0) is 37.0 Å². The Hall–Kier alpha value is -2.53. The van der Waals surface area contributed by atoms with Gasteiger partial charge in [0, 0.05) is 5.56 Å². The van der Waals surface area contributed by atoms with Gasteiger partial charge in [0.25, 0.3) is 0 Å². The minimum atomic E-state index is -0.293. The second-order valence-electron chi connectivity index (χ2n) is 6.35. The summed E-state index contributed by atoms with van der Waals surface area (Å²) in [7, 11) is 0. The number of halogens is 1. The monoisotopic (exact) mass is 340 g/mol. The molecule has 1 aliphatic rings. The number of rotatable bonds is 5. The van der Waals surface area contributed by atoms with Gasteiger partial charge in [-0.2, -0.15) is 5.10 Å². The molecule has 1 fully saturated rings. The molecule has 25 heavy (non-hydrogen) atoms. The van der Waals surface area contributed by atoms with Gasteiger partial charge in [0.05, 0.1) is 19.3 Å². The summed E-state index contributed by atoms with van der Waals surface area (Å²) in [4.78, 5) is 14.1. The maximum Gasteiger partial charge on any atom is 0.303 e. The Morgan fingerprint density at radius 3 is 2.40 bits per heavy atom. The lowest BCUT2D eigenvalue weighted by Crippen LogP contribution is -3.14. The molecule has 0 spiro atoms. The molecule has 130 valence electrons. The fraction of sp³-hybridized carbons (Fsp3) is 0.300. The maximum absolute atomic E-state index is 12.9. The molecule has 3 rings (SSSR count). The summed E-state index contributed by atoms with van der Waals surface area (Å²) in [5, 5.41) is 4.05. The summed E-state index contributed by atoms with van der Waals surface area (Å²) in [6, 6.07) is 15.6. The normalized spacial score (nSPS) is 16.7. The fourth-order valence-corrected chi connectivity index (χ4v) is 3.30. The molecule has 0 aliphatic carbocycles. The third-order valence-corrected chi connectivity index (χ3v) is 4.56. The van der Waals surface area contributed by atoms with Crippen LogP contribution in [-0.4, -0.2) is 25.2 Å². The predicted molar refractivity (Wildman–Crippen MR) is 95.9 cm³/mol. The smallest absolute Gasteiger partial charge is 0.303 e. The van der Waals surface area contributed by atoms with Crippen LogP contribution in [0, 0.1) is 5.82 Å². The van der Waals surface area contributed by atoms with Gasteiger partial charge in [0.2, 0.25) is 0 Å². The molecular weight excluding hydrogens is 317 g/mol. The molecule has 0 saturated carbocycles. The SMILES string of the molecule is O=C(NN=Cc1ccc(F)cc1)[C@@H](c1ccccc1)[NH+]1CCCCC1. The van der Waals surface area contributed by atoms with Crippen LogP contribution in [0.5, 0.6) is 0 Å². The van der Waals surface area contributed by atoms with E-state index >= 15 is 0 Å². The molecule has 1 saturated heterocycles. The van der Waals surface area contributed by atoms with Gasteiger partial charge in [-0.1, -0.05) is 42.5 Å². The summed E-state index contributed by atoms with van der Waals surface area (Å²) < 4.78 is 12.9. The zero-order chi connectivity index (χ0) is 17.5. The van der Waals surface area contributed by atoms with E-state index in [4.69, 9.17) is 0 Å². The third-order valence-electron chi connectivity index (χ3n) is 4.56. The minimum absolute atomic E-state index is 0.110. The lowest BCUT2D eigenvalue weighted by Gasteiger charge is -2.30. The van der Waals surface area contributed by atoms with Crippen molar-refractivity contribution in [3.63, 3.8) is 0 Å². The van der Waals surface area contributed by atoms with E-state index in [1.54, 1.807) is 12.1 Å². The summed E-state index contributed by atoms with van der Waals surface area (Å²) in [5.74, 6) is -0.402. The minimum Gasteiger partial charge on any atom is -0.321 e. The third kappa shape index (κ3) is 4.73. The quantitative estimate of drug-likeness (QED) is 0.635. The van der Waals surface area contributed by atoms with Crippen LogP contribution in [0.3, 0.4) is 0 Å². The molecule has 2 aromatic carbocycles. The highest BCUT2D eigenvalue weighted by Gasteiger charge is 2.32. The van der Waals surface area contributed by atoms with Crippen molar-refractivity contribution in [2.45, 2.75) is 25.3 Å². The van der Waals surface area contributed by atoms with Crippen molar-refractivity contribution in [3.05, 3.63) is 71.5 Å². The number of nitrogens with one attached hydrogen (secondary N) is 2. The van der Waals surface area contributed by atoms with Gasteiger partial charge in [-0.25, -0.2) is 9.82 Å². The number of quaternary nitrogens is 1. The molecule has 2 N–H and O–H groups in total. The van der Waals surface area contributed by atoms with E-state index in [2.05, 4.69) is 10.5 Å². The van der Waals surface area contributed by atoms with Crippen molar-refractivity contribution in [3.8, 4) is 0 Å². The molecular formula is C20H23FN3O+. The first-order valence-corrected chi connectivity index (χ1v) is 8.72. The van der Waals surface area contributed by atoms with Gasteiger partial charge < -0.3 is 4.90 Å². The zero-order valence-electron chi connectivity index (χ0n) is 14.1. The highest BCUT2D eigenvalue weighted by molar-refractivity contribution is 5.84. The van der Waals surface area contributed by atoms with Crippen molar-refractivity contribution in [2.24, 2.45) is 5.10 Å². The largest absolute Gasteiger partial charge is 0.321 e. The number of carbonyl (C=O) groups is 1. The summed E-state index contributed by atoms with van der Waals surface area (Å²) in [6.45, 7) is 1.99. The van der Waals surface area contributed by atoms with Crippen molar-refractivity contribution >= 4 is 12.1 Å². The Balaban J connectivity index is 1.71. The fourth-order valence-electron chi connectivity index (χ4n) is 3.30. The van der Waals surface area contributed by atoms with E-state index in [9.17, 15) is 9.18 Å². The van der Waals surface area contributed by atoms with Crippen LogP contribution in [0.4, 0.5) is 4.39 Å². The first kappa shape index (κ1) is 17.3. The van der Waals surface area contributed by atoms with Crippen LogP contribution < -0.4 is 10.3 Å². The second-order valence-corrected chi connectivity index (χ2v) is 6.35. The molecule has 0 aromatic heterocycles. The number of likely N-dealkylation sites (tertiary alicyclic amines) is 1. The van der Waals surface area contributed by atoms with Gasteiger partial charge in [-0.15, -0.1) is 0 Å². The molecule has 4 nitrogen and oxygen atoms in total. The first-order valence-electron chi connectivity index (χ1n) is 8.72. The number of nitrogens with zero attached hydrogens (tertiary/aromatic N) is 1. The number of hydrogen-bond acceptors (Lipinski definition) is 2. The topological polar surface area (TPSA) is 45.9 Å². The van der Waals surface area contributed by atoms with Crippen LogP contribution in [0.1, 0.15) is 36.4 Å². The van der Waals surface area contributed by atoms with E-state index in [0.717, 1.165) is 37.1 Å². The Morgan fingerprint density at radius 2 is 1.72 bits per heavy atom. The Morgan fingerprint density at radius 1 is 1.04 bits per heavy atom. The standard InChI is InChI=1S/C20H22FN3O/c21-18-11-9-16(10-12-18)15-22-23-20(25)19(17-7-3-1-4-8-17)24-13-5-2-6-14-24/h1,3-4,7-12,15,19H,2,5-6,13-14H2,(H,23,25)/p+1/t19-/m1/s1. The van der Waals surface area contributed by atoms with E-state index in [0.29, 0.717) is 0 Å². The number of carbonyl (C=O) groups excluding carboxylic acids is 1. The number of amides is 1. The number of hydrazone groups is 1. The zero-order valence-corrected chi connectivity index (χ0v) is 14.1. The molecule has 0 bridgehead atoms. The molecule has 0 unspecified atom stereocenters. The Bertz CT molecular complexity index is 709.